The number of nitrogen functional groups attached to an aromatic ring is 1. The Balaban J connectivity index is 2.25. The van der Waals surface area contributed by atoms with Gasteiger partial charge in [0.15, 0.2) is 0 Å². The smallest absolute Gasteiger partial charge is 0.255 e. The van der Waals surface area contributed by atoms with Crippen molar-refractivity contribution in [1.82, 2.24) is 15.3 Å². The highest BCUT2D eigenvalue weighted by atomic mass is 79.9. The SMILES string of the molecule is CCNC(=O)c1c(C)nc(N)nc1COc1ccc(Br)cc1. The number of rotatable bonds is 5. The summed E-state index contributed by atoms with van der Waals surface area (Å²) in [4.78, 5) is 20.3. The van der Waals surface area contributed by atoms with Crippen LogP contribution in [0.3, 0.4) is 0 Å². The summed E-state index contributed by atoms with van der Waals surface area (Å²) < 4.78 is 6.64. The Labute approximate surface area is 137 Å². The topological polar surface area (TPSA) is 90.1 Å². The van der Waals surface area contributed by atoms with E-state index in [0.29, 0.717) is 29.2 Å². The molecule has 1 aromatic heterocycles. The molecule has 1 heterocycles. The van der Waals surface area contributed by atoms with Gasteiger partial charge in [-0.15, -0.1) is 0 Å². The van der Waals surface area contributed by atoms with Gasteiger partial charge >= 0.3 is 0 Å². The number of nitrogens with one attached hydrogen (secondary N) is 1. The number of nitrogens with two attached hydrogens (primary N) is 1. The lowest BCUT2D eigenvalue weighted by Gasteiger charge is -2.12. The van der Waals surface area contributed by atoms with Crippen LogP contribution in [0.2, 0.25) is 0 Å². The summed E-state index contributed by atoms with van der Waals surface area (Å²) in [5.74, 6) is 0.578. The molecule has 2 rings (SSSR count). The second-order valence-corrected chi connectivity index (χ2v) is 5.51. The molecule has 3 N–H and O–H groups in total. The van der Waals surface area contributed by atoms with E-state index >= 15 is 0 Å². The average molecular weight is 365 g/mol. The Hall–Kier alpha value is -2.15. The summed E-state index contributed by atoms with van der Waals surface area (Å²) in [5.41, 5.74) is 7.09. The third kappa shape index (κ3) is 3.94. The van der Waals surface area contributed by atoms with Crippen LogP contribution in [0.5, 0.6) is 5.75 Å². The molecule has 0 bridgehead atoms. The first-order chi connectivity index (χ1) is 10.5. The summed E-state index contributed by atoms with van der Waals surface area (Å²) in [5, 5.41) is 2.75. The van der Waals surface area contributed by atoms with Crippen LogP contribution in [-0.2, 0) is 6.61 Å². The summed E-state index contributed by atoms with van der Waals surface area (Å²) >= 11 is 3.36. The zero-order valence-electron chi connectivity index (χ0n) is 12.4. The number of ether oxygens (including phenoxy) is 1. The van der Waals surface area contributed by atoms with Crippen molar-refractivity contribution in [2.75, 3.05) is 12.3 Å². The van der Waals surface area contributed by atoms with Gasteiger partial charge in [0.05, 0.1) is 17.0 Å². The van der Waals surface area contributed by atoms with Gasteiger partial charge in [0.25, 0.3) is 5.91 Å². The Morgan fingerprint density at radius 2 is 2.00 bits per heavy atom. The summed E-state index contributed by atoms with van der Waals surface area (Å²) in [7, 11) is 0. The number of amides is 1. The van der Waals surface area contributed by atoms with Crippen LogP contribution < -0.4 is 15.8 Å². The Kier molecular flexibility index (Phi) is 5.32. The molecule has 7 heteroatoms. The second kappa shape index (κ2) is 7.22. The van der Waals surface area contributed by atoms with Crippen LogP contribution in [0.15, 0.2) is 28.7 Å². The predicted molar refractivity (Wildman–Crippen MR) is 87.7 cm³/mol. The van der Waals surface area contributed by atoms with Crippen LogP contribution in [-0.4, -0.2) is 22.4 Å². The van der Waals surface area contributed by atoms with Crippen molar-refractivity contribution in [3.8, 4) is 5.75 Å². The van der Waals surface area contributed by atoms with Gasteiger partial charge in [0.1, 0.15) is 12.4 Å². The summed E-state index contributed by atoms with van der Waals surface area (Å²) in [6.07, 6.45) is 0. The number of hydrogen-bond donors (Lipinski definition) is 2. The molecule has 1 amide bonds. The summed E-state index contributed by atoms with van der Waals surface area (Å²) in [6, 6.07) is 7.40. The second-order valence-electron chi connectivity index (χ2n) is 4.59. The maximum atomic E-state index is 12.2. The third-order valence-electron chi connectivity index (χ3n) is 2.94. The number of benzene rings is 1. The van der Waals surface area contributed by atoms with E-state index in [4.69, 9.17) is 10.5 Å². The van der Waals surface area contributed by atoms with E-state index in [2.05, 4.69) is 31.2 Å². The van der Waals surface area contributed by atoms with Gasteiger partial charge in [-0.25, -0.2) is 9.97 Å². The molecule has 0 saturated carbocycles. The standard InChI is InChI=1S/C15H17BrN4O2/c1-3-18-14(21)13-9(2)19-15(17)20-12(13)8-22-11-6-4-10(16)5-7-11/h4-7H,3,8H2,1-2H3,(H,18,21)(H2,17,19,20). The molecule has 0 radical (unpaired) electrons. The van der Waals surface area contributed by atoms with Crippen LogP contribution in [0, 0.1) is 6.92 Å². The van der Waals surface area contributed by atoms with Gasteiger partial charge in [-0.3, -0.25) is 4.79 Å². The fraction of sp³-hybridized carbons (Fsp3) is 0.267. The molecule has 0 aliphatic heterocycles. The van der Waals surface area contributed by atoms with Crippen molar-refractivity contribution in [3.63, 3.8) is 0 Å². The lowest BCUT2D eigenvalue weighted by atomic mass is 10.1. The maximum absolute atomic E-state index is 12.2. The molecular formula is C15H17BrN4O2. The third-order valence-corrected chi connectivity index (χ3v) is 3.46. The Bertz CT molecular complexity index is 674. The Morgan fingerprint density at radius 1 is 1.32 bits per heavy atom. The van der Waals surface area contributed by atoms with E-state index in [1.807, 2.05) is 31.2 Å². The Morgan fingerprint density at radius 3 is 2.64 bits per heavy atom. The minimum Gasteiger partial charge on any atom is -0.487 e. The molecule has 22 heavy (non-hydrogen) atoms. The van der Waals surface area contributed by atoms with Crippen LogP contribution >= 0.6 is 15.9 Å². The summed E-state index contributed by atoms with van der Waals surface area (Å²) in [6.45, 7) is 4.24. The van der Waals surface area contributed by atoms with Gasteiger partial charge in [0.2, 0.25) is 5.95 Å². The molecule has 116 valence electrons. The van der Waals surface area contributed by atoms with Crippen molar-refractivity contribution in [2.24, 2.45) is 0 Å². The normalized spacial score (nSPS) is 10.3. The number of halogens is 1. The predicted octanol–water partition coefficient (Wildman–Crippen LogP) is 2.46. The molecule has 0 unspecified atom stereocenters. The molecule has 0 aliphatic carbocycles. The number of carbonyl (C=O) groups excluding carboxylic acids is 1. The highest BCUT2D eigenvalue weighted by Gasteiger charge is 2.18. The molecule has 0 fully saturated rings. The van der Waals surface area contributed by atoms with Crippen molar-refractivity contribution < 1.29 is 9.53 Å². The number of aromatic nitrogens is 2. The molecule has 0 saturated heterocycles. The minimum absolute atomic E-state index is 0.125. The molecule has 6 nitrogen and oxygen atoms in total. The number of carbonyl (C=O) groups is 1. The van der Waals surface area contributed by atoms with E-state index in [0.717, 1.165) is 4.47 Å². The molecular weight excluding hydrogens is 348 g/mol. The quantitative estimate of drug-likeness (QED) is 0.850. The fourth-order valence-corrected chi connectivity index (χ4v) is 2.25. The lowest BCUT2D eigenvalue weighted by Crippen LogP contribution is -2.26. The number of hydrogen-bond acceptors (Lipinski definition) is 5. The van der Waals surface area contributed by atoms with Crippen molar-refractivity contribution in [1.29, 1.82) is 0 Å². The maximum Gasteiger partial charge on any atom is 0.255 e. The van der Waals surface area contributed by atoms with Gasteiger partial charge < -0.3 is 15.8 Å². The first-order valence-corrected chi connectivity index (χ1v) is 7.60. The zero-order chi connectivity index (χ0) is 16.1. The highest BCUT2D eigenvalue weighted by molar-refractivity contribution is 9.10. The first-order valence-electron chi connectivity index (χ1n) is 6.80. The van der Waals surface area contributed by atoms with E-state index in [1.165, 1.54) is 0 Å². The van der Waals surface area contributed by atoms with Gasteiger partial charge in [-0.2, -0.15) is 0 Å². The fourth-order valence-electron chi connectivity index (χ4n) is 1.99. The van der Waals surface area contributed by atoms with Crippen molar-refractivity contribution in [3.05, 3.63) is 45.7 Å². The van der Waals surface area contributed by atoms with Crippen LogP contribution in [0.25, 0.3) is 0 Å². The molecule has 0 spiro atoms. The van der Waals surface area contributed by atoms with Gasteiger partial charge in [0, 0.05) is 11.0 Å². The van der Waals surface area contributed by atoms with Gasteiger partial charge in [-0.1, -0.05) is 15.9 Å². The van der Waals surface area contributed by atoms with Crippen molar-refractivity contribution >= 4 is 27.8 Å². The lowest BCUT2D eigenvalue weighted by molar-refractivity contribution is 0.0951. The van der Waals surface area contributed by atoms with E-state index in [1.54, 1.807) is 6.92 Å². The molecule has 0 atom stereocenters. The number of anilines is 1. The van der Waals surface area contributed by atoms with E-state index in [9.17, 15) is 4.79 Å². The number of aryl methyl sites for hydroxylation is 1. The minimum atomic E-state index is -0.227. The first kappa shape index (κ1) is 16.2. The highest BCUT2D eigenvalue weighted by Crippen LogP contribution is 2.19. The van der Waals surface area contributed by atoms with Crippen LogP contribution in [0.4, 0.5) is 5.95 Å². The monoisotopic (exact) mass is 364 g/mol. The van der Waals surface area contributed by atoms with E-state index < -0.39 is 0 Å². The average Bonchev–Trinajstić information content (AvgIpc) is 2.46. The molecule has 0 aliphatic rings. The van der Waals surface area contributed by atoms with Crippen molar-refractivity contribution in [2.45, 2.75) is 20.5 Å². The molecule has 2 aromatic rings. The van der Waals surface area contributed by atoms with Crippen LogP contribution in [0.1, 0.15) is 28.7 Å². The van der Waals surface area contributed by atoms with E-state index in [-0.39, 0.29) is 18.5 Å². The molecule has 1 aromatic carbocycles. The largest absolute Gasteiger partial charge is 0.487 e. The number of nitrogens with zero attached hydrogens (tertiary/aromatic N) is 2. The zero-order valence-corrected chi connectivity index (χ0v) is 14.0. The van der Waals surface area contributed by atoms with Gasteiger partial charge in [-0.05, 0) is 38.1 Å².